The first-order chi connectivity index (χ1) is 10.2. The predicted octanol–water partition coefficient (Wildman–Crippen LogP) is 2.27. The molecule has 0 bridgehead atoms. The molecule has 6 heteroatoms. The van der Waals surface area contributed by atoms with Crippen LogP contribution in [0.4, 0.5) is 0 Å². The predicted molar refractivity (Wildman–Crippen MR) is 81.5 cm³/mol. The van der Waals surface area contributed by atoms with Crippen molar-refractivity contribution < 1.29 is 24.3 Å². The molecule has 1 N–H and O–H groups in total. The summed E-state index contributed by atoms with van der Waals surface area (Å²) < 4.78 is 5.07. The minimum Gasteiger partial charge on any atom is -0.482 e. The van der Waals surface area contributed by atoms with Crippen LogP contribution in [0.1, 0.15) is 33.3 Å². The maximum Gasteiger partial charge on any atom is 0.341 e. The second-order valence-corrected chi connectivity index (χ2v) is 6.05. The molecule has 1 atom stereocenters. The Bertz CT molecular complexity index is 492. The van der Waals surface area contributed by atoms with E-state index in [1.807, 2.05) is 39.8 Å². The van der Waals surface area contributed by atoms with Gasteiger partial charge in [0.05, 0.1) is 11.6 Å². The SMILES string of the molecule is CC(Cc1ccc(OCC(=O)O)cc1)N(C=O)OC(C)(C)C. The van der Waals surface area contributed by atoms with Gasteiger partial charge in [-0.15, -0.1) is 0 Å². The van der Waals surface area contributed by atoms with Gasteiger partial charge in [0, 0.05) is 0 Å². The largest absolute Gasteiger partial charge is 0.482 e. The van der Waals surface area contributed by atoms with E-state index in [-0.39, 0.29) is 12.6 Å². The smallest absolute Gasteiger partial charge is 0.341 e. The number of ether oxygens (including phenoxy) is 1. The first kappa shape index (κ1) is 18.0. The number of hydroxylamine groups is 2. The van der Waals surface area contributed by atoms with Crippen LogP contribution in [-0.2, 0) is 20.8 Å². The van der Waals surface area contributed by atoms with Crippen LogP contribution in [0, 0.1) is 0 Å². The molecule has 0 spiro atoms. The molecular formula is C16H23NO5. The number of nitrogens with zero attached hydrogens (tertiary/aromatic N) is 1. The Balaban J connectivity index is 2.61. The fourth-order valence-electron chi connectivity index (χ4n) is 1.83. The van der Waals surface area contributed by atoms with E-state index in [0.29, 0.717) is 18.6 Å². The number of hydrogen-bond donors (Lipinski definition) is 1. The molecule has 0 aliphatic rings. The molecule has 1 aromatic rings. The standard InChI is InChI=1S/C16H23NO5/c1-12(17(11-18)22-16(2,3)4)9-13-5-7-14(8-6-13)21-10-15(19)20/h5-8,11-12H,9-10H2,1-4H3,(H,19,20). The monoisotopic (exact) mass is 309 g/mol. The zero-order chi connectivity index (χ0) is 16.8. The minimum absolute atomic E-state index is 0.123. The maximum absolute atomic E-state index is 11.1. The van der Waals surface area contributed by atoms with Crippen LogP contribution in [0.5, 0.6) is 5.75 Å². The molecule has 1 unspecified atom stereocenters. The normalized spacial score (nSPS) is 12.5. The molecule has 1 rings (SSSR count). The average molecular weight is 309 g/mol. The number of carbonyl (C=O) groups excluding carboxylic acids is 1. The molecule has 0 aromatic heterocycles. The van der Waals surface area contributed by atoms with Gasteiger partial charge < -0.3 is 9.84 Å². The Hall–Kier alpha value is -2.08. The molecule has 0 radical (unpaired) electrons. The van der Waals surface area contributed by atoms with Crippen molar-refractivity contribution in [3.8, 4) is 5.75 Å². The summed E-state index contributed by atoms with van der Waals surface area (Å²) in [5.41, 5.74) is 0.559. The molecule has 0 saturated carbocycles. The maximum atomic E-state index is 11.1. The lowest BCUT2D eigenvalue weighted by Gasteiger charge is -2.31. The highest BCUT2D eigenvalue weighted by Gasteiger charge is 2.20. The number of amides is 1. The Morgan fingerprint density at radius 3 is 2.36 bits per heavy atom. The number of carboxylic acids is 1. The molecule has 0 saturated heterocycles. The van der Waals surface area contributed by atoms with Gasteiger partial charge in [-0.3, -0.25) is 9.63 Å². The van der Waals surface area contributed by atoms with E-state index in [1.165, 1.54) is 5.06 Å². The molecule has 0 heterocycles. The van der Waals surface area contributed by atoms with Crippen molar-refractivity contribution in [2.45, 2.75) is 45.8 Å². The molecule has 0 fully saturated rings. The van der Waals surface area contributed by atoms with Crippen molar-refractivity contribution in [2.24, 2.45) is 0 Å². The van der Waals surface area contributed by atoms with Gasteiger partial charge in [0.2, 0.25) is 6.41 Å². The van der Waals surface area contributed by atoms with Crippen molar-refractivity contribution in [1.29, 1.82) is 0 Å². The topological polar surface area (TPSA) is 76.1 Å². The second-order valence-electron chi connectivity index (χ2n) is 6.05. The summed E-state index contributed by atoms with van der Waals surface area (Å²) in [7, 11) is 0. The van der Waals surface area contributed by atoms with Gasteiger partial charge in [-0.1, -0.05) is 12.1 Å². The number of rotatable bonds is 8. The van der Waals surface area contributed by atoms with Gasteiger partial charge in [-0.05, 0) is 51.8 Å². The summed E-state index contributed by atoms with van der Waals surface area (Å²) in [6.07, 6.45) is 1.30. The van der Waals surface area contributed by atoms with E-state index in [9.17, 15) is 9.59 Å². The lowest BCUT2D eigenvalue weighted by Crippen LogP contribution is -2.39. The van der Waals surface area contributed by atoms with Crippen LogP contribution >= 0.6 is 0 Å². The van der Waals surface area contributed by atoms with Crippen LogP contribution in [-0.4, -0.2) is 40.8 Å². The van der Waals surface area contributed by atoms with Gasteiger partial charge in [-0.25, -0.2) is 9.86 Å². The van der Waals surface area contributed by atoms with Crippen molar-refractivity contribution >= 4 is 12.4 Å². The molecular weight excluding hydrogens is 286 g/mol. The highest BCUT2D eigenvalue weighted by Crippen LogP contribution is 2.17. The molecule has 1 aromatic carbocycles. The van der Waals surface area contributed by atoms with E-state index in [0.717, 1.165) is 5.56 Å². The fraction of sp³-hybridized carbons (Fsp3) is 0.500. The molecule has 122 valence electrons. The van der Waals surface area contributed by atoms with Crippen LogP contribution in [0.3, 0.4) is 0 Å². The average Bonchev–Trinajstić information content (AvgIpc) is 2.42. The lowest BCUT2D eigenvalue weighted by molar-refractivity contribution is -0.229. The van der Waals surface area contributed by atoms with Crippen molar-refractivity contribution in [3.05, 3.63) is 29.8 Å². The molecule has 0 aliphatic carbocycles. The quantitative estimate of drug-likeness (QED) is 0.589. The molecule has 1 amide bonds. The summed E-state index contributed by atoms with van der Waals surface area (Å²) in [6, 6.07) is 6.98. The zero-order valence-electron chi connectivity index (χ0n) is 13.4. The Morgan fingerprint density at radius 2 is 1.91 bits per heavy atom. The summed E-state index contributed by atoms with van der Waals surface area (Å²) in [6.45, 7) is 7.17. The van der Waals surface area contributed by atoms with E-state index < -0.39 is 11.6 Å². The fourth-order valence-corrected chi connectivity index (χ4v) is 1.83. The van der Waals surface area contributed by atoms with E-state index in [4.69, 9.17) is 14.7 Å². The molecule has 6 nitrogen and oxygen atoms in total. The Morgan fingerprint density at radius 1 is 1.32 bits per heavy atom. The number of carbonyl (C=O) groups is 2. The first-order valence-electron chi connectivity index (χ1n) is 7.07. The van der Waals surface area contributed by atoms with Crippen molar-refractivity contribution in [1.82, 2.24) is 5.06 Å². The number of carboxylic acid groups (broad SMARTS) is 1. The number of benzene rings is 1. The van der Waals surface area contributed by atoms with E-state index in [1.54, 1.807) is 12.1 Å². The van der Waals surface area contributed by atoms with Gasteiger partial charge in [-0.2, -0.15) is 0 Å². The third-order valence-corrected chi connectivity index (χ3v) is 2.73. The van der Waals surface area contributed by atoms with Crippen molar-refractivity contribution in [3.63, 3.8) is 0 Å². The van der Waals surface area contributed by atoms with Crippen molar-refractivity contribution in [2.75, 3.05) is 6.61 Å². The Kier molecular flexibility index (Phi) is 6.37. The Labute approximate surface area is 130 Å². The minimum atomic E-state index is -1.02. The number of aliphatic carboxylic acids is 1. The first-order valence-corrected chi connectivity index (χ1v) is 7.07. The van der Waals surface area contributed by atoms with Gasteiger partial charge >= 0.3 is 5.97 Å². The zero-order valence-corrected chi connectivity index (χ0v) is 13.4. The van der Waals surface area contributed by atoms with Crippen LogP contribution in [0.15, 0.2) is 24.3 Å². The highest BCUT2D eigenvalue weighted by atomic mass is 16.7. The summed E-state index contributed by atoms with van der Waals surface area (Å²) in [4.78, 5) is 27.2. The molecule has 0 aliphatic heterocycles. The van der Waals surface area contributed by atoms with E-state index in [2.05, 4.69) is 0 Å². The third kappa shape index (κ3) is 6.58. The lowest BCUT2D eigenvalue weighted by atomic mass is 10.1. The molecule has 22 heavy (non-hydrogen) atoms. The second kappa shape index (κ2) is 7.79. The summed E-state index contributed by atoms with van der Waals surface area (Å²) in [5, 5.41) is 9.87. The van der Waals surface area contributed by atoms with Crippen LogP contribution < -0.4 is 4.74 Å². The van der Waals surface area contributed by atoms with Crippen LogP contribution in [0.25, 0.3) is 0 Å². The van der Waals surface area contributed by atoms with Crippen LogP contribution in [0.2, 0.25) is 0 Å². The summed E-state index contributed by atoms with van der Waals surface area (Å²) >= 11 is 0. The third-order valence-electron chi connectivity index (χ3n) is 2.73. The van der Waals surface area contributed by atoms with E-state index >= 15 is 0 Å². The highest BCUT2D eigenvalue weighted by molar-refractivity contribution is 5.68. The van der Waals surface area contributed by atoms with Gasteiger partial charge in [0.25, 0.3) is 0 Å². The summed E-state index contributed by atoms with van der Waals surface area (Å²) in [5.74, 6) is -0.518. The van der Waals surface area contributed by atoms with Gasteiger partial charge in [0.1, 0.15) is 5.75 Å². The number of hydrogen-bond acceptors (Lipinski definition) is 4. The van der Waals surface area contributed by atoms with Gasteiger partial charge in [0.15, 0.2) is 6.61 Å².